The Hall–Kier alpha value is -1.31. The Kier molecular flexibility index (Phi) is 24.0. The highest BCUT2D eigenvalue weighted by Gasteiger charge is 2.15. The fraction of sp³-hybridized carbons (Fsp3) is 0.800. The normalized spacial score (nSPS) is 12.1. The molecule has 1 aromatic carbocycles. The second kappa shape index (κ2) is 26.3. The van der Waals surface area contributed by atoms with Crippen LogP contribution in [-0.2, 0) is 4.74 Å². The molecule has 1 unspecified atom stereocenters. The van der Waals surface area contributed by atoms with E-state index in [1.165, 1.54) is 148 Å². The minimum atomic E-state index is -0.147. The molecule has 2 nitrogen and oxygen atoms in total. The van der Waals surface area contributed by atoms with Crippen LogP contribution in [0.25, 0.3) is 0 Å². The zero-order valence-corrected chi connectivity index (χ0v) is 25.0. The summed E-state index contributed by atoms with van der Waals surface area (Å²) in [5.74, 6) is -0.147. The lowest BCUT2D eigenvalue weighted by Crippen LogP contribution is -2.18. The van der Waals surface area contributed by atoms with Gasteiger partial charge in [0.05, 0.1) is 5.56 Å². The van der Waals surface area contributed by atoms with Crippen molar-refractivity contribution in [3.05, 3.63) is 35.9 Å². The summed E-state index contributed by atoms with van der Waals surface area (Å²) < 4.78 is 5.98. The van der Waals surface area contributed by atoms with Crippen molar-refractivity contribution in [1.29, 1.82) is 0 Å². The van der Waals surface area contributed by atoms with Crippen molar-refractivity contribution in [3.63, 3.8) is 0 Å². The maximum atomic E-state index is 12.6. The Bertz CT molecular complexity index is 597. The highest BCUT2D eigenvalue weighted by Crippen LogP contribution is 2.19. The van der Waals surface area contributed by atoms with Crippen molar-refractivity contribution in [2.24, 2.45) is 0 Å². The van der Waals surface area contributed by atoms with Gasteiger partial charge in [-0.2, -0.15) is 0 Å². The summed E-state index contributed by atoms with van der Waals surface area (Å²) in [5, 5.41) is 0. The topological polar surface area (TPSA) is 26.3 Å². The molecule has 0 fully saturated rings. The standard InChI is InChI=1S/C35H62O2/c1-3-5-7-9-11-13-14-15-16-17-18-19-21-23-28-32-34(31-27-22-20-12-10-8-6-4-2)37-35(36)33-29-25-24-26-30-33/h24-26,29-30,34H,3-23,27-28,31-32H2,1-2H3. The summed E-state index contributed by atoms with van der Waals surface area (Å²) in [7, 11) is 0. The van der Waals surface area contributed by atoms with E-state index in [1.807, 2.05) is 30.3 Å². The van der Waals surface area contributed by atoms with E-state index in [9.17, 15) is 4.79 Å². The monoisotopic (exact) mass is 514 g/mol. The number of esters is 1. The highest BCUT2D eigenvalue weighted by molar-refractivity contribution is 5.89. The Morgan fingerprint density at radius 3 is 1.19 bits per heavy atom. The third kappa shape index (κ3) is 21.3. The predicted octanol–water partition coefficient (Wildman–Crippen LogP) is 12.0. The third-order valence-corrected chi connectivity index (χ3v) is 7.79. The molecule has 0 aliphatic carbocycles. The van der Waals surface area contributed by atoms with Crippen LogP contribution < -0.4 is 0 Å². The Morgan fingerprint density at radius 2 is 0.838 bits per heavy atom. The summed E-state index contributed by atoms with van der Waals surface area (Å²) in [5.41, 5.74) is 0.680. The van der Waals surface area contributed by atoms with Gasteiger partial charge in [0.15, 0.2) is 0 Å². The van der Waals surface area contributed by atoms with Gasteiger partial charge in [0.1, 0.15) is 6.10 Å². The molecule has 0 radical (unpaired) electrons. The van der Waals surface area contributed by atoms with Crippen LogP contribution in [0, 0.1) is 0 Å². The molecule has 1 rings (SSSR count). The van der Waals surface area contributed by atoms with Crippen LogP contribution in [-0.4, -0.2) is 12.1 Å². The Balaban J connectivity index is 2.12. The van der Waals surface area contributed by atoms with Crippen LogP contribution in [0.1, 0.15) is 185 Å². The molecular weight excluding hydrogens is 452 g/mol. The van der Waals surface area contributed by atoms with Crippen molar-refractivity contribution in [1.82, 2.24) is 0 Å². The van der Waals surface area contributed by atoms with Crippen molar-refractivity contribution >= 4 is 5.97 Å². The fourth-order valence-corrected chi connectivity index (χ4v) is 5.31. The van der Waals surface area contributed by atoms with Gasteiger partial charge in [0.25, 0.3) is 0 Å². The van der Waals surface area contributed by atoms with E-state index in [-0.39, 0.29) is 12.1 Å². The zero-order chi connectivity index (χ0) is 26.7. The van der Waals surface area contributed by atoms with Crippen LogP contribution in [0.5, 0.6) is 0 Å². The van der Waals surface area contributed by atoms with Gasteiger partial charge in [-0.3, -0.25) is 0 Å². The summed E-state index contributed by atoms with van der Waals surface area (Å²) in [6.07, 6.45) is 33.5. The first-order chi connectivity index (χ1) is 18.3. The lowest BCUT2D eigenvalue weighted by atomic mass is 10.0. The number of carbonyl (C=O) groups excluding carboxylic acids is 1. The van der Waals surface area contributed by atoms with Gasteiger partial charge in [-0.15, -0.1) is 0 Å². The first-order valence-corrected chi connectivity index (χ1v) is 16.5. The largest absolute Gasteiger partial charge is 0.459 e. The fourth-order valence-electron chi connectivity index (χ4n) is 5.31. The number of benzene rings is 1. The summed E-state index contributed by atoms with van der Waals surface area (Å²) in [6.45, 7) is 4.56. The van der Waals surface area contributed by atoms with E-state index in [1.54, 1.807) is 0 Å². The number of hydrogen-bond acceptors (Lipinski definition) is 2. The highest BCUT2D eigenvalue weighted by atomic mass is 16.5. The SMILES string of the molecule is CCCCCCCCCCCCCCCCCC(CCCCCCCCCC)OC(=O)c1ccccc1. The van der Waals surface area contributed by atoms with Gasteiger partial charge in [-0.05, 0) is 37.8 Å². The predicted molar refractivity (Wildman–Crippen MR) is 162 cm³/mol. The molecule has 1 atom stereocenters. The minimum Gasteiger partial charge on any atom is -0.459 e. The molecule has 0 heterocycles. The van der Waals surface area contributed by atoms with Gasteiger partial charge >= 0.3 is 5.97 Å². The van der Waals surface area contributed by atoms with E-state index < -0.39 is 0 Å². The molecule has 0 saturated heterocycles. The Morgan fingerprint density at radius 1 is 0.514 bits per heavy atom. The van der Waals surface area contributed by atoms with Crippen LogP contribution in [0.3, 0.4) is 0 Å². The lowest BCUT2D eigenvalue weighted by Gasteiger charge is -2.18. The molecule has 0 aliphatic heterocycles. The number of unbranched alkanes of at least 4 members (excludes halogenated alkanes) is 21. The number of rotatable bonds is 27. The smallest absolute Gasteiger partial charge is 0.338 e. The van der Waals surface area contributed by atoms with Crippen molar-refractivity contribution in [2.45, 2.75) is 180 Å². The minimum absolute atomic E-state index is 0.0785. The molecule has 0 bridgehead atoms. The van der Waals surface area contributed by atoms with Gasteiger partial charge < -0.3 is 4.74 Å². The van der Waals surface area contributed by atoms with Crippen molar-refractivity contribution < 1.29 is 9.53 Å². The molecule has 0 aliphatic rings. The number of ether oxygens (including phenoxy) is 1. The van der Waals surface area contributed by atoms with E-state index >= 15 is 0 Å². The van der Waals surface area contributed by atoms with Gasteiger partial charge in [0, 0.05) is 0 Å². The first-order valence-electron chi connectivity index (χ1n) is 16.5. The van der Waals surface area contributed by atoms with Crippen LogP contribution in [0.4, 0.5) is 0 Å². The van der Waals surface area contributed by atoms with E-state index in [4.69, 9.17) is 4.74 Å². The summed E-state index contributed by atoms with van der Waals surface area (Å²) in [6, 6.07) is 9.51. The molecule has 37 heavy (non-hydrogen) atoms. The average molecular weight is 515 g/mol. The quantitative estimate of drug-likeness (QED) is 0.0861. The maximum absolute atomic E-state index is 12.6. The molecule has 0 aromatic heterocycles. The summed E-state index contributed by atoms with van der Waals surface area (Å²) >= 11 is 0. The van der Waals surface area contributed by atoms with Crippen LogP contribution in [0.15, 0.2) is 30.3 Å². The average Bonchev–Trinajstić information content (AvgIpc) is 2.92. The van der Waals surface area contributed by atoms with Crippen molar-refractivity contribution in [3.8, 4) is 0 Å². The second-order valence-corrected chi connectivity index (χ2v) is 11.4. The summed E-state index contributed by atoms with van der Waals surface area (Å²) in [4.78, 5) is 12.6. The molecule has 0 N–H and O–H groups in total. The van der Waals surface area contributed by atoms with Crippen LogP contribution in [0.2, 0.25) is 0 Å². The van der Waals surface area contributed by atoms with Crippen molar-refractivity contribution in [2.75, 3.05) is 0 Å². The molecule has 1 aromatic rings. The van der Waals surface area contributed by atoms with E-state index in [0.29, 0.717) is 5.56 Å². The van der Waals surface area contributed by atoms with E-state index in [0.717, 1.165) is 12.8 Å². The molecule has 214 valence electrons. The third-order valence-electron chi connectivity index (χ3n) is 7.79. The zero-order valence-electron chi connectivity index (χ0n) is 25.0. The molecule has 0 spiro atoms. The van der Waals surface area contributed by atoms with Crippen LogP contribution >= 0.6 is 0 Å². The molecule has 2 heteroatoms. The second-order valence-electron chi connectivity index (χ2n) is 11.4. The van der Waals surface area contributed by atoms with E-state index in [2.05, 4.69) is 13.8 Å². The Labute approximate surface area is 231 Å². The van der Waals surface area contributed by atoms with Gasteiger partial charge in [-0.25, -0.2) is 4.79 Å². The number of carbonyl (C=O) groups is 1. The molecular formula is C35H62O2. The van der Waals surface area contributed by atoms with Gasteiger partial charge in [0.2, 0.25) is 0 Å². The van der Waals surface area contributed by atoms with Gasteiger partial charge in [-0.1, -0.05) is 167 Å². The lowest BCUT2D eigenvalue weighted by molar-refractivity contribution is 0.0249. The maximum Gasteiger partial charge on any atom is 0.338 e. The molecule has 0 amide bonds. The first kappa shape index (κ1) is 33.7. The molecule has 0 saturated carbocycles. The number of hydrogen-bond donors (Lipinski definition) is 0.